The van der Waals surface area contributed by atoms with E-state index in [1.807, 2.05) is 0 Å². The number of carbonyl (C=O) groups excluding carboxylic acids is 1. The number of amides is 1. The van der Waals surface area contributed by atoms with Crippen LogP contribution in [0.2, 0.25) is 0 Å². The van der Waals surface area contributed by atoms with Crippen molar-refractivity contribution in [1.29, 1.82) is 0 Å². The number of hydrogen-bond acceptors (Lipinski definition) is 6. The Kier molecular flexibility index (Phi) is 1.97. The maximum atomic E-state index is 11.5. The third-order valence-electron chi connectivity index (χ3n) is 2.66. The van der Waals surface area contributed by atoms with Crippen LogP contribution >= 0.6 is 0 Å². The molecule has 0 saturated heterocycles. The largest absolute Gasteiger partial charge is 0.316 e. The second-order valence-corrected chi connectivity index (χ2v) is 3.61. The van der Waals surface area contributed by atoms with E-state index < -0.39 is 5.91 Å². The average molecular weight is 232 g/mol. The molecule has 1 amide bonds. The summed E-state index contributed by atoms with van der Waals surface area (Å²) in [5.41, 5.74) is 0.852. The second-order valence-electron chi connectivity index (χ2n) is 3.61. The van der Waals surface area contributed by atoms with Gasteiger partial charge in [-0.2, -0.15) is 5.11 Å². The Labute approximate surface area is 95.8 Å². The van der Waals surface area contributed by atoms with E-state index in [9.17, 15) is 15.2 Å². The van der Waals surface area contributed by atoms with Crippen LogP contribution in [0.4, 0.5) is 11.4 Å². The number of hydrogen-bond donors (Lipinski definition) is 2. The molecule has 0 aliphatic carbocycles. The van der Waals surface area contributed by atoms with Gasteiger partial charge in [0, 0.05) is 0 Å². The monoisotopic (exact) mass is 232 g/mol. The first-order chi connectivity index (χ1) is 8.20. The number of rotatable bonds is 0. The van der Waals surface area contributed by atoms with Crippen LogP contribution in [0.15, 0.2) is 45.9 Å². The van der Waals surface area contributed by atoms with Crippen molar-refractivity contribution in [3.63, 3.8) is 0 Å². The molecule has 86 valence electrons. The molecule has 2 aliphatic rings. The molecule has 2 N–H and O–H groups in total. The van der Waals surface area contributed by atoms with Crippen molar-refractivity contribution in [2.75, 3.05) is 16.7 Å². The van der Waals surface area contributed by atoms with Crippen molar-refractivity contribution < 1.29 is 15.2 Å². The minimum Gasteiger partial charge on any atom is -0.284 e. The topological polar surface area (TPSA) is 88.7 Å². The van der Waals surface area contributed by atoms with Gasteiger partial charge in [0.05, 0.1) is 11.4 Å². The summed E-state index contributed by atoms with van der Waals surface area (Å²) < 4.78 is 0. The molecule has 0 saturated carbocycles. The molecule has 17 heavy (non-hydrogen) atoms. The molecule has 1 aromatic rings. The van der Waals surface area contributed by atoms with Crippen LogP contribution in [0.25, 0.3) is 0 Å². The number of para-hydroxylation sites is 2. The van der Waals surface area contributed by atoms with Gasteiger partial charge in [-0.15, -0.1) is 5.11 Å². The number of benzene rings is 1. The van der Waals surface area contributed by atoms with Crippen molar-refractivity contribution in [2.45, 2.75) is 0 Å². The summed E-state index contributed by atoms with van der Waals surface area (Å²) in [5.74, 6) is -0.678. The van der Waals surface area contributed by atoms with Gasteiger partial charge in [-0.05, 0) is 12.1 Å². The molecule has 0 atom stereocenters. The summed E-state index contributed by atoms with van der Waals surface area (Å²) in [4.78, 5) is 11.5. The fourth-order valence-corrected chi connectivity index (χ4v) is 1.88. The van der Waals surface area contributed by atoms with Gasteiger partial charge in [-0.1, -0.05) is 12.1 Å². The van der Waals surface area contributed by atoms with Crippen molar-refractivity contribution in [2.24, 2.45) is 10.2 Å². The maximum absolute atomic E-state index is 11.5. The Morgan fingerprint density at radius 3 is 2.47 bits per heavy atom. The third-order valence-corrected chi connectivity index (χ3v) is 2.66. The van der Waals surface area contributed by atoms with E-state index in [0.717, 1.165) is 10.1 Å². The molecular formula is C10H8N4O3. The zero-order valence-electron chi connectivity index (χ0n) is 8.61. The number of fused-ring (bicyclic) bond motifs is 1. The number of azo groups is 1. The van der Waals surface area contributed by atoms with Gasteiger partial charge in [-0.25, -0.2) is 10.1 Å². The minimum absolute atomic E-state index is 0.0446. The van der Waals surface area contributed by atoms with E-state index in [2.05, 4.69) is 10.2 Å². The van der Waals surface area contributed by atoms with E-state index in [4.69, 9.17) is 0 Å². The van der Waals surface area contributed by atoms with Crippen LogP contribution in [0.3, 0.4) is 0 Å². The lowest BCUT2D eigenvalue weighted by Crippen LogP contribution is -2.38. The van der Waals surface area contributed by atoms with Gasteiger partial charge in [-0.3, -0.25) is 15.2 Å². The van der Waals surface area contributed by atoms with Crippen molar-refractivity contribution in [1.82, 2.24) is 0 Å². The first kappa shape index (κ1) is 9.94. The number of anilines is 2. The van der Waals surface area contributed by atoms with Gasteiger partial charge in [0.25, 0.3) is 0 Å². The summed E-state index contributed by atoms with van der Waals surface area (Å²) >= 11 is 0. The molecule has 0 fully saturated rings. The van der Waals surface area contributed by atoms with Crippen molar-refractivity contribution in [3.8, 4) is 0 Å². The van der Waals surface area contributed by atoms with Crippen LogP contribution in [0.5, 0.6) is 0 Å². The van der Waals surface area contributed by atoms with Crippen LogP contribution in [0.1, 0.15) is 0 Å². The van der Waals surface area contributed by atoms with Crippen LogP contribution in [-0.2, 0) is 4.79 Å². The maximum Gasteiger partial charge on any atom is 0.316 e. The molecule has 7 nitrogen and oxygen atoms in total. The quantitative estimate of drug-likeness (QED) is 0.703. The predicted octanol–water partition coefficient (Wildman–Crippen LogP) is 1.30. The molecule has 0 bridgehead atoms. The van der Waals surface area contributed by atoms with Gasteiger partial charge >= 0.3 is 5.91 Å². The number of hydroxylamine groups is 2. The first-order valence-corrected chi connectivity index (χ1v) is 4.92. The molecule has 0 unspecified atom stereocenters. The Morgan fingerprint density at radius 1 is 1.12 bits per heavy atom. The third kappa shape index (κ3) is 1.26. The summed E-state index contributed by atoms with van der Waals surface area (Å²) in [6.45, 7) is 0.0446. The van der Waals surface area contributed by atoms with Gasteiger partial charge < -0.3 is 0 Å². The van der Waals surface area contributed by atoms with E-state index in [-0.39, 0.29) is 17.9 Å². The highest BCUT2D eigenvalue weighted by Crippen LogP contribution is 2.38. The van der Waals surface area contributed by atoms with Crippen molar-refractivity contribution >= 4 is 17.3 Å². The molecule has 2 heterocycles. The second kappa shape index (κ2) is 3.37. The van der Waals surface area contributed by atoms with E-state index in [0.29, 0.717) is 11.4 Å². The molecule has 0 radical (unpaired) electrons. The van der Waals surface area contributed by atoms with Crippen LogP contribution < -0.4 is 10.1 Å². The van der Waals surface area contributed by atoms with Gasteiger partial charge in [0.15, 0.2) is 5.70 Å². The summed E-state index contributed by atoms with van der Waals surface area (Å²) in [6, 6.07) is 6.61. The number of nitrogens with zero attached hydrogens (tertiary/aromatic N) is 4. The summed E-state index contributed by atoms with van der Waals surface area (Å²) in [5, 5.41) is 28.5. The van der Waals surface area contributed by atoms with E-state index in [1.165, 1.54) is 0 Å². The minimum atomic E-state index is -0.678. The van der Waals surface area contributed by atoms with Gasteiger partial charge in [0.2, 0.25) is 0 Å². The van der Waals surface area contributed by atoms with E-state index >= 15 is 0 Å². The number of carbonyl (C=O) groups is 1. The zero-order chi connectivity index (χ0) is 12.0. The normalized spacial score (nSPS) is 18.4. The molecule has 3 rings (SSSR count). The van der Waals surface area contributed by atoms with Gasteiger partial charge in [0.1, 0.15) is 12.2 Å². The zero-order valence-corrected chi connectivity index (χ0v) is 8.61. The summed E-state index contributed by atoms with van der Waals surface area (Å²) in [6.07, 6.45) is 0. The fourth-order valence-electron chi connectivity index (χ4n) is 1.88. The first-order valence-electron chi connectivity index (χ1n) is 4.92. The molecular weight excluding hydrogens is 224 g/mol. The Bertz CT molecular complexity index is 566. The lowest BCUT2D eigenvalue weighted by atomic mass is 10.1. The Balaban J connectivity index is 2.20. The Hall–Kier alpha value is -2.25. The van der Waals surface area contributed by atoms with Crippen LogP contribution in [-0.4, -0.2) is 22.9 Å². The molecule has 1 aromatic carbocycles. The lowest BCUT2D eigenvalue weighted by molar-refractivity contribution is -0.115. The SMILES string of the molecule is O=C1N=NCC2=C1N(O)c1ccccc1N2O. The molecule has 0 aromatic heterocycles. The highest BCUT2D eigenvalue weighted by atomic mass is 16.5. The van der Waals surface area contributed by atoms with E-state index in [1.54, 1.807) is 24.3 Å². The lowest BCUT2D eigenvalue weighted by Gasteiger charge is -2.34. The average Bonchev–Trinajstić information content (AvgIpc) is 2.36. The summed E-state index contributed by atoms with van der Waals surface area (Å²) in [7, 11) is 0. The molecule has 7 heteroatoms. The standard InChI is InChI=1S/C10H8N4O3/c15-10-9-8(5-11-12-10)13(16)6-3-1-2-4-7(6)14(9)17/h1-4,16-17H,5H2. The highest BCUT2D eigenvalue weighted by molar-refractivity contribution is 6.01. The van der Waals surface area contributed by atoms with Crippen molar-refractivity contribution in [3.05, 3.63) is 35.7 Å². The molecule has 0 spiro atoms. The molecule has 2 aliphatic heterocycles. The Morgan fingerprint density at radius 2 is 1.76 bits per heavy atom. The predicted molar refractivity (Wildman–Crippen MR) is 56.7 cm³/mol. The smallest absolute Gasteiger partial charge is 0.284 e. The highest BCUT2D eigenvalue weighted by Gasteiger charge is 2.35. The fraction of sp³-hybridized carbons (Fsp3) is 0.100. The van der Waals surface area contributed by atoms with Crippen LogP contribution in [0, 0.1) is 0 Å².